The number of rotatable bonds is 5. The van der Waals surface area contributed by atoms with E-state index in [4.69, 9.17) is 0 Å². The van der Waals surface area contributed by atoms with Gasteiger partial charge in [0, 0.05) is 31.6 Å². The van der Waals surface area contributed by atoms with Crippen LogP contribution in [0.2, 0.25) is 0 Å². The van der Waals surface area contributed by atoms with E-state index in [0.717, 1.165) is 36.0 Å². The van der Waals surface area contributed by atoms with Gasteiger partial charge in [-0.05, 0) is 5.56 Å². The summed E-state index contributed by atoms with van der Waals surface area (Å²) in [6.07, 6.45) is 1.64. The molecule has 1 aromatic carbocycles. The molecule has 2 aromatic rings. The van der Waals surface area contributed by atoms with Crippen LogP contribution in [0.4, 0.5) is 0 Å². The molecular weight excluding hydrogens is 310 g/mol. The monoisotopic (exact) mass is 331 g/mol. The Bertz CT molecular complexity index is 639. The van der Waals surface area contributed by atoms with E-state index in [1.165, 1.54) is 0 Å². The van der Waals surface area contributed by atoms with E-state index in [0.29, 0.717) is 6.54 Å². The highest BCUT2D eigenvalue weighted by molar-refractivity contribution is 7.99. The summed E-state index contributed by atoms with van der Waals surface area (Å²) in [4.78, 5) is 15.1. The second-order valence-electron chi connectivity index (χ2n) is 5.54. The second kappa shape index (κ2) is 7.61. The molecule has 0 bridgehead atoms. The highest BCUT2D eigenvalue weighted by Gasteiger charge is 2.28. The van der Waals surface area contributed by atoms with Gasteiger partial charge in [-0.2, -0.15) is 11.8 Å². The molecule has 2 heterocycles. The molecule has 1 fully saturated rings. The topological polar surface area (TPSA) is 63.1 Å². The van der Waals surface area contributed by atoms with Crippen molar-refractivity contribution in [2.75, 3.05) is 24.6 Å². The van der Waals surface area contributed by atoms with Crippen LogP contribution in [0.5, 0.6) is 0 Å². The number of benzene rings is 1. The Labute approximate surface area is 140 Å². The van der Waals surface area contributed by atoms with Gasteiger partial charge in [-0.25, -0.2) is 0 Å². The number of aryl methyl sites for hydroxylation is 1. The van der Waals surface area contributed by atoms with Crippen LogP contribution in [0.3, 0.4) is 0 Å². The number of carbonyl (C=O) groups is 1. The maximum Gasteiger partial charge on any atom is 0.242 e. The van der Waals surface area contributed by atoms with Crippen molar-refractivity contribution in [3.8, 4) is 0 Å². The van der Waals surface area contributed by atoms with E-state index < -0.39 is 0 Å². The summed E-state index contributed by atoms with van der Waals surface area (Å²) in [5, 5.41) is 10.9. The summed E-state index contributed by atoms with van der Waals surface area (Å²) in [6.45, 7) is 2.25. The van der Waals surface area contributed by atoms with Crippen molar-refractivity contribution in [2.24, 2.45) is 7.05 Å². The Hall–Kier alpha value is -1.86. The number of aromatic nitrogens is 3. The van der Waals surface area contributed by atoms with E-state index >= 15 is 0 Å². The number of nitrogens with zero attached hydrogens (tertiary/aromatic N) is 4. The lowest BCUT2D eigenvalue weighted by molar-refractivity contribution is -0.126. The highest BCUT2D eigenvalue weighted by Crippen LogP contribution is 2.24. The third-order valence-corrected chi connectivity index (χ3v) is 4.94. The van der Waals surface area contributed by atoms with E-state index in [9.17, 15) is 4.79 Å². The van der Waals surface area contributed by atoms with Crippen molar-refractivity contribution in [1.29, 1.82) is 0 Å². The number of amides is 1. The van der Waals surface area contributed by atoms with Gasteiger partial charge in [0.15, 0.2) is 5.82 Å². The fraction of sp³-hybridized carbons (Fsp3) is 0.438. The van der Waals surface area contributed by atoms with Crippen molar-refractivity contribution >= 4 is 17.7 Å². The van der Waals surface area contributed by atoms with Crippen LogP contribution >= 0.6 is 11.8 Å². The lowest BCUT2D eigenvalue weighted by Gasteiger charge is -2.33. The predicted molar refractivity (Wildman–Crippen MR) is 90.9 cm³/mol. The standard InChI is InChI=1S/C16H21N5OS/c1-20-12-18-19-14(20)11-17-16(22)15(13-5-3-2-4-6-13)21-7-9-23-10-8-21/h2-6,12,15H,7-11H2,1H3,(H,17,22)/t15-/m1/s1. The number of hydrogen-bond donors (Lipinski definition) is 1. The van der Waals surface area contributed by atoms with Crippen molar-refractivity contribution in [3.05, 3.63) is 48.0 Å². The third-order valence-electron chi connectivity index (χ3n) is 4.00. The molecule has 122 valence electrons. The molecule has 1 aliphatic heterocycles. The molecule has 1 N–H and O–H groups in total. The lowest BCUT2D eigenvalue weighted by atomic mass is 10.0. The zero-order valence-electron chi connectivity index (χ0n) is 13.2. The van der Waals surface area contributed by atoms with Crippen LogP contribution in [0.25, 0.3) is 0 Å². The first-order valence-corrected chi connectivity index (χ1v) is 8.88. The minimum atomic E-state index is -0.245. The van der Waals surface area contributed by atoms with Crippen LogP contribution in [0, 0.1) is 0 Å². The molecular formula is C16H21N5OS. The van der Waals surface area contributed by atoms with Gasteiger partial charge in [0.05, 0.1) is 6.54 Å². The van der Waals surface area contributed by atoms with Crippen molar-refractivity contribution < 1.29 is 4.79 Å². The zero-order chi connectivity index (χ0) is 16.1. The fourth-order valence-electron chi connectivity index (χ4n) is 2.73. The molecule has 23 heavy (non-hydrogen) atoms. The summed E-state index contributed by atoms with van der Waals surface area (Å²) in [5.41, 5.74) is 1.04. The molecule has 0 spiro atoms. The van der Waals surface area contributed by atoms with E-state index in [1.54, 1.807) is 6.33 Å². The fourth-order valence-corrected chi connectivity index (χ4v) is 3.66. The first-order valence-electron chi connectivity index (χ1n) is 7.73. The zero-order valence-corrected chi connectivity index (χ0v) is 14.0. The minimum absolute atomic E-state index is 0.0195. The summed E-state index contributed by atoms with van der Waals surface area (Å²) >= 11 is 1.94. The summed E-state index contributed by atoms with van der Waals surface area (Å²) in [7, 11) is 1.87. The highest BCUT2D eigenvalue weighted by atomic mass is 32.2. The molecule has 7 heteroatoms. The molecule has 1 amide bonds. The first-order chi connectivity index (χ1) is 11.3. The normalized spacial score (nSPS) is 16.9. The van der Waals surface area contributed by atoms with Gasteiger partial charge in [-0.3, -0.25) is 9.69 Å². The van der Waals surface area contributed by atoms with Crippen LogP contribution < -0.4 is 5.32 Å². The molecule has 1 atom stereocenters. The molecule has 6 nitrogen and oxygen atoms in total. The van der Waals surface area contributed by atoms with E-state index in [2.05, 4.69) is 20.4 Å². The van der Waals surface area contributed by atoms with Crippen molar-refractivity contribution in [2.45, 2.75) is 12.6 Å². The van der Waals surface area contributed by atoms with Gasteiger partial charge in [0.1, 0.15) is 12.4 Å². The summed E-state index contributed by atoms with van der Waals surface area (Å²) in [5.74, 6) is 2.91. The number of hydrogen-bond acceptors (Lipinski definition) is 5. The Morgan fingerprint density at radius 3 is 2.70 bits per heavy atom. The molecule has 0 saturated carbocycles. The maximum absolute atomic E-state index is 12.8. The van der Waals surface area contributed by atoms with Gasteiger partial charge >= 0.3 is 0 Å². The molecule has 0 aliphatic carbocycles. The maximum atomic E-state index is 12.8. The van der Waals surface area contributed by atoms with E-state index in [-0.39, 0.29) is 11.9 Å². The number of nitrogens with one attached hydrogen (secondary N) is 1. The molecule has 0 radical (unpaired) electrons. The predicted octanol–water partition coefficient (Wildman–Crippen LogP) is 1.22. The van der Waals surface area contributed by atoms with Gasteiger partial charge < -0.3 is 9.88 Å². The Morgan fingerprint density at radius 2 is 2.04 bits per heavy atom. The largest absolute Gasteiger partial charge is 0.347 e. The Kier molecular flexibility index (Phi) is 5.30. The van der Waals surface area contributed by atoms with Gasteiger partial charge in [0.2, 0.25) is 5.91 Å². The number of thioether (sulfide) groups is 1. The third kappa shape index (κ3) is 3.92. The van der Waals surface area contributed by atoms with Crippen molar-refractivity contribution in [3.63, 3.8) is 0 Å². The lowest BCUT2D eigenvalue weighted by Crippen LogP contribution is -2.44. The van der Waals surface area contributed by atoms with E-state index in [1.807, 2.05) is 53.7 Å². The molecule has 1 saturated heterocycles. The average Bonchev–Trinajstić information content (AvgIpc) is 3.00. The van der Waals surface area contributed by atoms with Crippen LogP contribution in [0.15, 0.2) is 36.7 Å². The van der Waals surface area contributed by atoms with Crippen LogP contribution in [-0.4, -0.2) is 50.2 Å². The average molecular weight is 331 g/mol. The van der Waals surface area contributed by atoms with Gasteiger partial charge in [-0.15, -0.1) is 10.2 Å². The van der Waals surface area contributed by atoms with Crippen LogP contribution in [0.1, 0.15) is 17.4 Å². The molecule has 1 aromatic heterocycles. The Morgan fingerprint density at radius 1 is 1.30 bits per heavy atom. The molecule has 3 rings (SSSR count). The van der Waals surface area contributed by atoms with Gasteiger partial charge in [-0.1, -0.05) is 30.3 Å². The quantitative estimate of drug-likeness (QED) is 0.893. The Balaban J connectivity index is 1.74. The minimum Gasteiger partial charge on any atom is -0.347 e. The van der Waals surface area contributed by atoms with Crippen molar-refractivity contribution in [1.82, 2.24) is 25.0 Å². The summed E-state index contributed by atoms with van der Waals surface area (Å²) in [6, 6.07) is 9.74. The second-order valence-corrected chi connectivity index (χ2v) is 6.76. The smallest absolute Gasteiger partial charge is 0.242 e. The SMILES string of the molecule is Cn1cnnc1CNC(=O)[C@@H](c1ccccc1)N1CCSCC1. The summed E-state index contributed by atoms with van der Waals surface area (Å²) < 4.78 is 1.81. The molecule has 1 aliphatic rings. The molecule has 0 unspecified atom stereocenters. The number of carbonyl (C=O) groups excluding carboxylic acids is 1. The van der Waals surface area contributed by atoms with Gasteiger partial charge in [0.25, 0.3) is 0 Å². The first kappa shape index (κ1) is 16.0. The van der Waals surface area contributed by atoms with Crippen LogP contribution in [-0.2, 0) is 18.4 Å².